The van der Waals surface area contributed by atoms with Gasteiger partial charge in [0.15, 0.2) is 0 Å². The number of ether oxygens (including phenoxy) is 1. The van der Waals surface area contributed by atoms with Gasteiger partial charge < -0.3 is 10.1 Å². The molecule has 0 atom stereocenters. The lowest BCUT2D eigenvalue weighted by atomic mass is 10.2. The lowest BCUT2D eigenvalue weighted by molar-refractivity contribution is -0.121. The second-order valence-corrected chi connectivity index (χ2v) is 4.97. The van der Waals surface area contributed by atoms with E-state index in [4.69, 9.17) is 4.74 Å². The molecule has 0 radical (unpaired) electrons. The van der Waals surface area contributed by atoms with E-state index in [1.54, 1.807) is 0 Å². The Morgan fingerprint density at radius 3 is 2.83 bits per heavy atom. The largest absolute Gasteiger partial charge is 0.494 e. The van der Waals surface area contributed by atoms with Crippen molar-refractivity contribution in [2.75, 3.05) is 13.2 Å². The van der Waals surface area contributed by atoms with Crippen LogP contribution in [0.2, 0.25) is 0 Å². The Morgan fingerprint density at radius 1 is 1.39 bits per heavy atom. The first-order valence-electron chi connectivity index (χ1n) is 6.54. The standard InChI is InChI=1S/C15H23NO2/c1-12(2)11-16-15(17)8-5-9-18-14-7-4-6-13(3)10-14/h4,6-7,10,12H,5,8-9,11H2,1-3H3,(H,16,17). The van der Waals surface area contributed by atoms with E-state index in [9.17, 15) is 4.79 Å². The fraction of sp³-hybridized carbons (Fsp3) is 0.533. The van der Waals surface area contributed by atoms with Gasteiger partial charge in [-0.15, -0.1) is 0 Å². The number of benzene rings is 1. The summed E-state index contributed by atoms with van der Waals surface area (Å²) in [4.78, 5) is 11.4. The number of nitrogens with one attached hydrogen (secondary N) is 1. The van der Waals surface area contributed by atoms with Crippen molar-refractivity contribution in [1.82, 2.24) is 5.32 Å². The molecule has 0 heterocycles. The minimum Gasteiger partial charge on any atom is -0.494 e. The summed E-state index contributed by atoms with van der Waals surface area (Å²) in [5.41, 5.74) is 1.18. The van der Waals surface area contributed by atoms with E-state index in [0.717, 1.165) is 18.7 Å². The average molecular weight is 249 g/mol. The summed E-state index contributed by atoms with van der Waals surface area (Å²) < 4.78 is 5.58. The normalized spacial score (nSPS) is 10.4. The van der Waals surface area contributed by atoms with Gasteiger partial charge in [0.1, 0.15) is 5.75 Å². The van der Waals surface area contributed by atoms with Crippen molar-refractivity contribution < 1.29 is 9.53 Å². The Hall–Kier alpha value is -1.51. The van der Waals surface area contributed by atoms with Crippen LogP contribution < -0.4 is 10.1 Å². The summed E-state index contributed by atoms with van der Waals surface area (Å²) in [6.45, 7) is 7.53. The summed E-state index contributed by atoms with van der Waals surface area (Å²) in [7, 11) is 0. The number of carbonyl (C=O) groups is 1. The van der Waals surface area contributed by atoms with Gasteiger partial charge in [-0.25, -0.2) is 0 Å². The molecule has 18 heavy (non-hydrogen) atoms. The zero-order valence-electron chi connectivity index (χ0n) is 11.5. The summed E-state index contributed by atoms with van der Waals surface area (Å²) in [6.07, 6.45) is 1.27. The van der Waals surface area contributed by atoms with E-state index in [0.29, 0.717) is 18.9 Å². The first kappa shape index (κ1) is 14.6. The van der Waals surface area contributed by atoms with Gasteiger partial charge in [-0.05, 0) is 37.0 Å². The van der Waals surface area contributed by atoms with Gasteiger partial charge in [-0.1, -0.05) is 26.0 Å². The van der Waals surface area contributed by atoms with Gasteiger partial charge in [-0.3, -0.25) is 4.79 Å². The molecule has 0 bridgehead atoms. The highest BCUT2D eigenvalue weighted by Gasteiger charge is 2.02. The molecule has 0 saturated heterocycles. The highest BCUT2D eigenvalue weighted by molar-refractivity contribution is 5.75. The van der Waals surface area contributed by atoms with Crippen LogP contribution in [0, 0.1) is 12.8 Å². The number of amides is 1. The molecule has 3 heteroatoms. The number of carbonyl (C=O) groups excluding carboxylic acids is 1. The maximum absolute atomic E-state index is 11.4. The monoisotopic (exact) mass is 249 g/mol. The van der Waals surface area contributed by atoms with E-state index in [1.165, 1.54) is 5.56 Å². The third kappa shape index (κ3) is 6.28. The summed E-state index contributed by atoms with van der Waals surface area (Å²) >= 11 is 0. The third-order valence-electron chi connectivity index (χ3n) is 2.51. The van der Waals surface area contributed by atoms with E-state index in [-0.39, 0.29) is 5.91 Å². The van der Waals surface area contributed by atoms with Crippen molar-refractivity contribution in [2.45, 2.75) is 33.6 Å². The predicted octanol–water partition coefficient (Wildman–Crippen LogP) is 2.93. The van der Waals surface area contributed by atoms with Crippen LogP contribution in [-0.2, 0) is 4.79 Å². The minimum absolute atomic E-state index is 0.108. The van der Waals surface area contributed by atoms with Crippen LogP contribution in [0.5, 0.6) is 5.75 Å². The zero-order valence-corrected chi connectivity index (χ0v) is 11.5. The van der Waals surface area contributed by atoms with Crippen LogP contribution in [0.1, 0.15) is 32.3 Å². The SMILES string of the molecule is Cc1cccc(OCCCC(=O)NCC(C)C)c1. The molecule has 0 aliphatic carbocycles. The molecule has 0 aliphatic heterocycles. The summed E-state index contributed by atoms with van der Waals surface area (Å²) in [5, 5.41) is 2.90. The van der Waals surface area contributed by atoms with E-state index in [2.05, 4.69) is 19.2 Å². The van der Waals surface area contributed by atoms with Crippen molar-refractivity contribution >= 4 is 5.91 Å². The number of hydrogen-bond donors (Lipinski definition) is 1. The molecule has 1 aromatic carbocycles. The summed E-state index contributed by atoms with van der Waals surface area (Å²) in [5.74, 6) is 1.48. The van der Waals surface area contributed by atoms with Crippen molar-refractivity contribution in [1.29, 1.82) is 0 Å². The number of aryl methyl sites for hydroxylation is 1. The molecule has 1 rings (SSSR count). The fourth-order valence-electron chi connectivity index (χ4n) is 1.53. The van der Waals surface area contributed by atoms with Crippen LogP contribution in [-0.4, -0.2) is 19.1 Å². The van der Waals surface area contributed by atoms with Crippen molar-refractivity contribution in [2.24, 2.45) is 5.92 Å². The Balaban J connectivity index is 2.13. The van der Waals surface area contributed by atoms with Crippen molar-refractivity contribution in [3.63, 3.8) is 0 Å². The Bertz CT molecular complexity index is 375. The van der Waals surface area contributed by atoms with Gasteiger partial charge in [-0.2, -0.15) is 0 Å². The van der Waals surface area contributed by atoms with Gasteiger partial charge >= 0.3 is 0 Å². The third-order valence-corrected chi connectivity index (χ3v) is 2.51. The van der Waals surface area contributed by atoms with Gasteiger partial charge in [0.2, 0.25) is 5.91 Å². The van der Waals surface area contributed by atoms with Gasteiger partial charge in [0, 0.05) is 13.0 Å². The molecular weight excluding hydrogens is 226 g/mol. The van der Waals surface area contributed by atoms with Crippen LogP contribution in [0.25, 0.3) is 0 Å². The second kappa shape index (κ2) is 7.75. The van der Waals surface area contributed by atoms with E-state index >= 15 is 0 Å². The smallest absolute Gasteiger partial charge is 0.220 e. The van der Waals surface area contributed by atoms with E-state index < -0.39 is 0 Å². The lowest BCUT2D eigenvalue weighted by Crippen LogP contribution is -2.27. The van der Waals surface area contributed by atoms with E-state index in [1.807, 2.05) is 31.2 Å². The van der Waals surface area contributed by atoms with Crippen LogP contribution >= 0.6 is 0 Å². The highest BCUT2D eigenvalue weighted by atomic mass is 16.5. The fourth-order valence-corrected chi connectivity index (χ4v) is 1.53. The highest BCUT2D eigenvalue weighted by Crippen LogP contribution is 2.12. The topological polar surface area (TPSA) is 38.3 Å². The minimum atomic E-state index is 0.108. The molecule has 3 nitrogen and oxygen atoms in total. The maximum atomic E-state index is 11.4. The first-order valence-corrected chi connectivity index (χ1v) is 6.54. The van der Waals surface area contributed by atoms with Crippen molar-refractivity contribution in [3.8, 4) is 5.75 Å². The summed E-state index contributed by atoms with van der Waals surface area (Å²) in [6, 6.07) is 7.94. The number of hydrogen-bond acceptors (Lipinski definition) is 2. The molecule has 0 aliphatic rings. The number of rotatable bonds is 7. The Labute approximate surface area is 110 Å². The predicted molar refractivity (Wildman–Crippen MR) is 73.8 cm³/mol. The average Bonchev–Trinajstić information content (AvgIpc) is 2.32. The molecule has 0 fully saturated rings. The molecule has 0 aromatic heterocycles. The van der Waals surface area contributed by atoms with Crippen molar-refractivity contribution in [3.05, 3.63) is 29.8 Å². The lowest BCUT2D eigenvalue weighted by Gasteiger charge is -2.08. The Morgan fingerprint density at radius 2 is 2.17 bits per heavy atom. The van der Waals surface area contributed by atoms with Crippen LogP contribution in [0.4, 0.5) is 0 Å². The molecule has 0 unspecified atom stereocenters. The second-order valence-electron chi connectivity index (χ2n) is 4.97. The van der Waals surface area contributed by atoms with Crippen LogP contribution in [0.15, 0.2) is 24.3 Å². The first-order chi connectivity index (χ1) is 8.58. The molecule has 100 valence electrons. The molecular formula is C15H23NO2. The molecule has 1 amide bonds. The van der Waals surface area contributed by atoms with Crippen LogP contribution in [0.3, 0.4) is 0 Å². The molecule has 0 spiro atoms. The maximum Gasteiger partial charge on any atom is 0.220 e. The molecule has 1 aromatic rings. The van der Waals surface area contributed by atoms with Gasteiger partial charge in [0.05, 0.1) is 6.61 Å². The molecule has 0 saturated carbocycles. The zero-order chi connectivity index (χ0) is 13.4. The Kier molecular flexibility index (Phi) is 6.26. The molecule has 1 N–H and O–H groups in total. The van der Waals surface area contributed by atoms with Gasteiger partial charge in [0.25, 0.3) is 0 Å². The quantitative estimate of drug-likeness (QED) is 0.755.